The molecule has 1 heterocycles. The van der Waals surface area contributed by atoms with Crippen LogP contribution in [0.4, 0.5) is 0 Å². The van der Waals surface area contributed by atoms with Crippen LogP contribution in [0.1, 0.15) is 33.6 Å². The second-order valence-corrected chi connectivity index (χ2v) is 6.47. The molecule has 1 saturated heterocycles. The molecule has 0 saturated carbocycles. The second kappa shape index (κ2) is 6.37. The van der Waals surface area contributed by atoms with Crippen molar-refractivity contribution in [1.29, 1.82) is 0 Å². The molecule has 1 amide bonds. The molecule has 0 aromatic heterocycles. The van der Waals surface area contributed by atoms with E-state index in [1.807, 2.05) is 30.0 Å². The Morgan fingerprint density at radius 3 is 2.71 bits per heavy atom. The number of amides is 1. The first kappa shape index (κ1) is 15.7. The molecule has 0 radical (unpaired) electrons. The van der Waals surface area contributed by atoms with Crippen LogP contribution in [0.25, 0.3) is 0 Å². The number of hydrogen-bond acceptors (Lipinski definition) is 3. The molecule has 0 bridgehead atoms. The van der Waals surface area contributed by atoms with Crippen LogP contribution in [0.3, 0.4) is 0 Å². The summed E-state index contributed by atoms with van der Waals surface area (Å²) in [5, 5.41) is 0. The highest BCUT2D eigenvalue weighted by molar-refractivity contribution is 5.81. The minimum Gasteiger partial charge on any atom is -0.497 e. The molecule has 1 aromatic rings. The van der Waals surface area contributed by atoms with Gasteiger partial charge in [0.2, 0.25) is 0 Å². The van der Waals surface area contributed by atoms with Crippen molar-refractivity contribution in [2.24, 2.45) is 5.41 Å². The van der Waals surface area contributed by atoms with Gasteiger partial charge in [-0.15, -0.1) is 0 Å². The van der Waals surface area contributed by atoms with E-state index in [2.05, 4.69) is 13.8 Å². The smallest absolute Gasteiger partial charge is 0.263 e. The number of piperidine rings is 1. The molecule has 0 aliphatic carbocycles. The van der Waals surface area contributed by atoms with Crippen LogP contribution in [-0.2, 0) is 4.79 Å². The van der Waals surface area contributed by atoms with Crippen LogP contribution in [0.15, 0.2) is 24.3 Å². The minimum absolute atomic E-state index is 0.0607. The molecular weight excluding hydrogens is 266 g/mol. The maximum atomic E-state index is 12.5. The standard InChI is InChI=1S/C17H25NO3/c1-13(21-15-8-5-7-14(11-15)20-4)16(19)18-10-6-9-17(2,3)12-18/h5,7-8,11,13H,6,9-10,12H2,1-4H3. The summed E-state index contributed by atoms with van der Waals surface area (Å²) in [5.41, 5.74) is 0.198. The summed E-state index contributed by atoms with van der Waals surface area (Å²) in [7, 11) is 1.61. The predicted molar refractivity (Wildman–Crippen MR) is 82.7 cm³/mol. The molecule has 4 nitrogen and oxygen atoms in total. The Morgan fingerprint density at radius 2 is 2.05 bits per heavy atom. The Kier molecular flexibility index (Phi) is 4.76. The van der Waals surface area contributed by atoms with Crippen LogP contribution in [0, 0.1) is 5.41 Å². The van der Waals surface area contributed by atoms with E-state index in [-0.39, 0.29) is 11.3 Å². The van der Waals surface area contributed by atoms with Crippen LogP contribution in [-0.4, -0.2) is 37.1 Å². The number of likely N-dealkylation sites (tertiary alicyclic amines) is 1. The van der Waals surface area contributed by atoms with Gasteiger partial charge in [-0.25, -0.2) is 0 Å². The highest BCUT2D eigenvalue weighted by atomic mass is 16.5. The summed E-state index contributed by atoms with van der Waals surface area (Å²) in [5.74, 6) is 1.45. The largest absolute Gasteiger partial charge is 0.497 e. The summed E-state index contributed by atoms with van der Waals surface area (Å²) in [4.78, 5) is 14.4. The number of carbonyl (C=O) groups is 1. The lowest BCUT2D eigenvalue weighted by molar-refractivity contribution is -0.141. The molecule has 1 aliphatic rings. The molecule has 1 unspecified atom stereocenters. The summed E-state index contributed by atoms with van der Waals surface area (Å²) < 4.78 is 10.9. The number of ether oxygens (including phenoxy) is 2. The molecule has 21 heavy (non-hydrogen) atoms. The van der Waals surface area contributed by atoms with E-state index in [9.17, 15) is 4.79 Å². The highest BCUT2D eigenvalue weighted by Crippen LogP contribution is 2.29. The van der Waals surface area contributed by atoms with Crippen LogP contribution >= 0.6 is 0 Å². The van der Waals surface area contributed by atoms with Gasteiger partial charge in [0, 0.05) is 19.2 Å². The normalized spacial score (nSPS) is 19.0. The number of methoxy groups -OCH3 is 1. The van der Waals surface area contributed by atoms with Crippen molar-refractivity contribution in [1.82, 2.24) is 4.90 Å². The van der Waals surface area contributed by atoms with E-state index in [0.29, 0.717) is 5.75 Å². The van der Waals surface area contributed by atoms with Gasteiger partial charge in [-0.3, -0.25) is 4.79 Å². The zero-order valence-electron chi connectivity index (χ0n) is 13.4. The third kappa shape index (κ3) is 4.13. The zero-order valence-corrected chi connectivity index (χ0v) is 13.4. The number of hydrogen-bond donors (Lipinski definition) is 0. The quantitative estimate of drug-likeness (QED) is 0.855. The fraction of sp³-hybridized carbons (Fsp3) is 0.588. The molecule has 2 rings (SSSR count). The molecule has 0 spiro atoms. The first-order chi connectivity index (χ1) is 9.91. The summed E-state index contributed by atoms with van der Waals surface area (Å²) in [6, 6.07) is 7.35. The van der Waals surface area contributed by atoms with Crippen LogP contribution in [0.2, 0.25) is 0 Å². The third-order valence-electron chi connectivity index (χ3n) is 3.91. The SMILES string of the molecule is COc1cccc(OC(C)C(=O)N2CCCC(C)(C)C2)c1. The Bertz CT molecular complexity index is 499. The lowest BCUT2D eigenvalue weighted by Crippen LogP contribution is -2.48. The molecule has 4 heteroatoms. The van der Waals surface area contributed by atoms with Crippen molar-refractivity contribution < 1.29 is 14.3 Å². The molecule has 0 N–H and O–H groups in total. The van der Waals surface area contributed by atoms with E-state index in [1.165, 1.54) is 6.42 Å². The van der Waals surface area contributed by atoms with E-state index in [0.717, 1.165) is 25.3 Å². The van der Waals surface area contributed by atoms with E-state index >= 15 is 0 Å². The van der Waals surface area contributed by atoms with Crippen molar-refractivity contribution in [2.75, 3.05) is 20.2 Å². The van der Waals surface area contributed by atoms with E-state index < -0.39 is 6.10 Å². The van der Waals surface area contributed by atoms with Gasteiger partial charge >= 0.3 is 0 Å². The van der Waals surface area contributed by atoms with Gasteiger partial charge in [0.05, 0.1) is 7.11 Å². The highest BCUT2D eigenvalue weighted by Gasteiger charge is 2.31. The van der Waals surface area contributed by atoms with Gasteiger partial charge in [-0.2, -0.15) is 0 Å². The van der Waals surface area contributed by atoms with Gasteiger partial charge in [-0.1, -0.05) is 19.9 Å². The number of carbonyl (C=O) groups excluding carboxylic acids is 1. The van der Waals surface area contributed by atoms with Crippen molar-refractivity contribution in [3.8, 4) is 11.5 Å². The monoisotopic (exact) mass is 291 g/mol. The van der Waals surface area contributed by atoms with Crippen molar-refractivity contribution >= 4 is 5.91 Å². The van der Waals surface area contributed by atoms with Gasteiger partial charge < -0.3 is 14.4 Å². The average Bonchev–Trinajstić information content (AvgIpc) is 2.45. The van der Waals surface area contributed by atoms with E-state index in [1.54, 1.807) is 13.2 Å². The third-order valence-corrected chi connectivity index (χ3v) is 3.91. The fourth-order valence-electron chi connectivity index (χ4n) is 2.80. The Balaban J connectivity index is 1.98. The predicted octanol–water partition coefficient (Wildman–Crippen LogP) is 3.11. The Labute approximate surface area is 127 Å². The average molecular weight is 291 g/mol. The second-order valence-electron chi connectivity index (χ2n) is 6.47. The number of rotatable bonds is 4. The van der Waals surface area contributed by atoms with Crippen LogP contribution in [0.5, 0.6) is 11.5 Å². The van der Waals surface area contributed by atoms with Gasteiger partial charge in [0.15, 0.2) is 6.10 Å². The van der Waals surface area contributed by atoms with Gasteiger partial charge in [0.1, 0.15) is 11.5 Å². The maximum absolute atomic E-state index is 12.5. The van der Waals surface area contributed by atoms with E-state index in [4.69, 9.17) is 9.47 Å². The summed E-state index contributed by atoms with van der Waals surface area (Å²) >= 11 is 0. The summed E-state index contributed by atoms with van der Waals surface area (Å²) in [6.07, 6.45) is 1.75. The molecule has 116 valence electrons. The maximum Gasteiger partial charge on any atom is 0.263 e. The van der Waals surface area contributed by atoms with Crippen molar-refractivity contribution in [3.63, 3.8) is 0 Å². The number of benzene rings is 1. The molecule has 1 atom stereocenters. The molecule has 1 aliphatic heterocycles. The zero-order chi connectivity index (χ0) is 15.5. The fourth-order valence-corrected chi connectivity index (χ4v) is 2.80. The minimum atomic E-state index is -0.481. The van der Waals surface area contributed by atoms with Gasteiger partial charge in [-0.05, 0) is 37.3 Å². The first-order valence-electron chi connectivity index (χ1n) is 7.51. The topological polar surface area (TPSA) is 38.8 Å². The van der Waals surface area contributed by atoms with Crippen molar-refractivity contribution in [2.45, 2.75) is 39.7 Å². The van der Waals surface area contributed by atoms with Crippen LogP contribution < -0.4 is 9.47 Å². The Morgan fingerprint density at radius 1 is 1.33 bits per heavy atom. The number of nitrogens with zero attached hydrogens (tertiary/aromatic N) is 1. The lowest BCUT2D eigenvalue weighted by atomic mass is 9.84. The van der Waals surface area contributed by atoms with Crippen molar-refractivity contribution in [3.05, 3.63) is 24.3 Å². The molecular formula is C17H25NO3. The molecule has 1 aromatic carbocycles. The summed E-state index contributed by atoms with van der Waals surface area (Å²) in [6.45, 7) is 7.86. The molecule has 1 fully saturated rings. The Hall–Kier alpha value is -1.71. The first-order valence-corrected chi connectivity index (χ1v) is 7.51. The lowest BCUT2D eigenvalue weighted by Gasteiger charge is -2.39. The van der Waals surface area contributed by atoms with Gasteiger partial charge in [0.25, 0.3) is 5.91 Å².